The van der Waals surface area contributed by atoms with Gasteiger partial charge in [-0.3, -0.25) is 9.67 Å². The molecule has 2 aromatic carbocycles. The quantitative estimate of drug-likeness (QED) is 0.523. The number of nitrogens with one attached hydrogen (secondary N) is 1. The van der Waals surface area contributed by atoms with Gasteiger partial charge < -0.3 is 4.74 Å². The van der Waals surface area contributed by atoms with Crippen molar-refractivity contribution in [2.75, 3.05) is 7.11 Å². The van der Waals surface area contributed by atoms with E-state index in [0.717, 1.165) is 22.8 Å². The Balaban J connectivity index is 1.81. The molecule has 0 bridgehead atoms. The lowest BCUT2D eigenvalue weighted by Gasteiger charge is -2.07. The second-order valence-corrected chi connectivity index (χ2v) is 6.62. The van der Waals surface area contributed by atoms with Crippen molar-refractivity contribution in [3.63, 3.8) is 0 Å². The van der Waals surface area contributed by atoms with Crippen molar-refractivity contribution in [3.8, 4) is 28.6 Å². The molecular weight excluding hydrogens is 384 g/mol. The highest BCUT2D eigenvalue weighted by Gasteiger charge is 2.19. The summed E-state index contributed by atoms with van der Waals surface area (Å²) in [5.74, 6) is 1.35. The van der Waals surface area contributed by atoms with Gasteiger partial charge >= 0.3 is 0 Å². The molecule has 7 nitrogen and oxygen atoms in total. The summed E-state index contributed by atoms with van der Waals surface area (Å²) in [6, 6.07) is 14.9. The van der Waals surface area contributed by atoms with Gasteiger partial charge in [0, 0.05) is 5.02 Å². The molecule has 27 heavy (non-hydrogen) atoms. The van der Waals surface area contributed by atoms with E-state index in [-0.39, 0.29) is 0 Å². The van der Waals surface area contributed by atoms with Crippen molar-refractivity contribution in [1.29, 1.82) is 0 Å². The van der Waals surface area contributed by atoms with Crippen LogP contribution in [0.4, 0.5) is 0 Å². The Labute approximate surface area is 165 Å². The number of benzene rings is 2. The molecule has 2 aromatic heterocycles. The Hall–Kier alpha value is -2.97. The van der Waals surface area contributed by atoms with Crippen molar-refractivity contribution < 1.29 is 4.74 Å². The van der Waals surface area contributed by atoms with Crippen LogP contribution in [0.3, 0.4) is 0 Å². The molecule has 0 saturated heterocycles. The van der Waals surface area contributed by atoms with E-state index in [1.165, 1.54) is 0 Å². The van der Waals surface area contributed by atoms with Crippen LogP contribution >= 0.6 is 23.8 Å². The summed E-state index contributed by atoms with van der Waals surface area (Å²) in [5, 5.41) is 16.5. The van der Waals surface area contributed by atoms with Gasteiger partial charge in [0.2, 0.25) is 0 Å². The molecule has 0 radical (unpaired) electrons. The first-order chi connectivity index (χ1) is 13.1. The molecule has 0 fully saturated rings. The number of nitrogens with zero attached hydrogens (tertiary/aromatic N) is 5. The molecule has 0 amide bonds. The minimum absolute atomic E-state index is 0.468. The lowest BCUT2D eigenvalue weighted by Crippen LogP contribution is -2.01. The van der Waals surface area contributed by atoms with E-state index in [9.17, 15) is 0 Å². The third kappa shape index (κ3) is 3.13. The van der Waals surface area contributed by atoms with Crippen LogP contribution in [0.2, 0.25) is 5.02 Å². The molecule has 0 unspecified atom stereocenters. The normalized spacial score (nSPS) is 10.9. The van der Waals surface area contributed by atoms with Gasteiger partial charge in [0.15, 0.2) is 16.3 Å². The molecule has 0 aliphatic heterocycles. The van der Waals surface area contributed by atoms with Crippen LogP contribution in [0.1, 0.15) is 5.69 Å². The summed E-state index contributed by atoms with van der Waals surface area (Å²) < 4.78 is 9.24. The second kappa shape index (κ2) is 6.98. The van der Waals surface area contributed by atoms with Gasteiger partial charge in [0.1, 0.15) is 5.75 Å². The van der Waals surface area contributed by atoms with Gasteiger partial charge in [-0.2, -0.15) is 5.10 Å². The number of H-pyrrole nitrogens is 1. The highest BCUT2D eigenvalue weighted by Crippen LogP contribution is 2.25. The standard InChI is InChI=1S/C18H15ClN6OS/c1-11-16(20-23-25(11)14-5-3-12(19)4-6-14)17-21-22-18(27)24(17)13-7-9-15(26-2)10-8-13/h3-10H,1-2H3,(H,22,27). The Morgan fingerprint density at radius 3 is 2.37 bits per heavy atom. The van der Waals surface area contributed by atoms with Crippen LogP contribution in [0.5, 0.6) is 5.75 Å². The lowest BCUT2D eigenvalue weighted by molar-refractivity contribution is 0.414. The maximum Gasteiger partial charge on any atom is 0.200 e. The van der Waals surface area contributed by atoms with E-state index in [1.807, 2.05) is 60.0 Å². The van der Waals surface area contributed by atoms with Crippen molar-refractivity contribution >= 4 is 23.8 Å². The first kappa shape index (κ1) is 17.4. The van der Waals surface area contributed by atoms with Crippen molar-refractivity contribution in [2.24, 2.45) is 0 Å². The Morgan fingerprint density at radius 2 is 1.70 bits per heavy atom. The number of aromatic amines is 1. The number of hydrogen-bond donors (Lipinski definition) is 1. The third-order valence-electron chi connectivity index (χ3n) is 4.18. The van der Waals surface area contributed by atoms with Crippen LogP contribution < -0.4 is 4.74 Å². The number of aromatic nitrogens is 6. The monoisotopic (exact) mass is 398 g/mol. The predicted molar refractivity (Wildman–Crippen MR) is 105 cm³/mol. The number of hydrogen-bond acceptors (Lipinski definition) is 5. The van der Waals surface area contributed by atoms with Crippen molar-refractivity contribution in [2.45, 2.75) is 6.92 Å². The summed E-state index contributed by atoms with van der Waals surface area (Å²) in [6.07, 6.45) is 0. The summed E-state index contributed by atoms with van der Waals surface area (Å²) in [6.45, 7) is 1.93. The average Bonchev–Trinajstić information content (AvgIpc) is 3.25. The van der Waals surface area contributed by atoms with Crippen LogP contribution in [0, 0.1) is 11.7 Å². The van der Waals surface area contributed by atoms with E-state index in [4.69, 9.17) is 28.6 Å². The molecule has 0 aliphatic rings. The van der Waals surface area contributed by atoms with Gasteiger partial charge in [-0.15, -0.1) is 5.10 Å². The van der Waals surface area contributed by atoms with Crippen LogP contribution in [-0.2, 0) is 0 Å². The van der Waals surface area contributed by atoms with Crippen molar-refractivity contribution in [3.05, 3.63) is 64.0 Å². The first-order valence-corrected chi connectivity index (χ1v) is 8.87. The van der Waals surface area contributed by atoms with Crippen LogP contribution in [0.15, 0.2) is 48.5 Å². The first-order valence-electron chi connectivity index (χ1n) is 8.09. The van der Waals surface area contributed by atoms with E-state index >= 15 is 0 Å². The zero-order valence-electron chi connectivity index (χ0n) is 14.5. The van der Waals surface area contributed by atoms with Crippen molar-refractivity contribution in [1.82, 2.24) is 29.8 Å². The van der Waals surface area contributed by atoms with Crippen LogP contribution in [0.25, 0.3) is 22.9 Å². The summed E-state index contributed by atoms with van der Waals surface area (Å²) in [7, 11) is 1.63. The van der Waals surface area contributed by atoms with E-state index in [0.29, 0.717) is 21.3 Å². The minimum atomic E-state index is 0.468. The molecule has 4 rings (SSSR count). The summed E-state index contributed by atoms with van der Waals surface area (Å²) in [5.41, 5.74) is 3.18. The molecular formula is C18H15ClN6OS. The van der Waals surface area contributed by atoms with Gasteiger partial charge in [0.25, 0.3) is 0 Å². The van der Waals surface area contributed by atoms with Gasteiger partial charge in [-0.25, -0.2) is 4.68 Å². The van der Waals surface area contributed by atoms with E-state index in [1.54, 1.807) is 11.8 Å². The molecule has 1 N–H and O–H groups in total. The zero-order valence-corrected chi connectivity index (χ0v) is 16.1. The fourth-order valence-corrected chi connectivity index (χ4v) is 3.15. The highest BCUT2D eigenvalue weighted by atomic mass is 35.5. The fraction of sp³-hybridized carbons (Fsp3) is 0.111. The van der Waals surface area contributed by atoms with E-state index in [2.05, 4.69) is 20.5 Å². The lowest BCUT2D eigenvalue weighted by atomic mass is 10.2. The minimum Gasteiger partial charge on any atom is -0.497 e. The Morgan fingerprint density at radius 1 is 1.04 bits per heavy atom. The number of methoxy groups -OCH3 is 1. The number of ether oxygens (including phenoxy) is 1. The molecule has 4 aromatic rings. The predicted octanol–water partition coefficient (Wildman–Crippen LogP) is 4.15. The van der Waals surface area contributed by atoms with Gasteiger partial charge in [0.05, 0.1) is 24.2 Å². The second-order valence-electron chi connectivity index (χ2n) is 5.80. The topological polar surface area (TPSA) is 73.5 Å². The molecule has 0 spiro atoms. The number of halogens is 1. The third-order valence-corrected chi connectivity index (χ3v) is 4.71. The Kier molecular flexibility index (Phi) is 4.51. The number of rotatable bonds is 4. The fourth-order valence-electron chi connectivity index (χ4n) is 2.79. The molecule has 2 heterocycles. The highest BCUT2D eigenvalue weighted by molar-refractivity contribution is 7.71. The molecule has 9 heteroatoms. The molecule has 0 atom stereocenters. The summed E-state index contributed by atoms with van der Waals surface area (Å²) in [4.78, 5) is 0. The maximum atomic E-state index is 5.97. The van der Waals surface area contributed by atoms with Crippen LogP contribution in [-0.4, -0.2) is 36.9 Å². The maximum absolute atomic E-state index is 5.97. The molecule has 0 saturated carbocycles. The largest absolute Gasteiger partial charge is 0.497 e. The van der Waals surface area contributed by atoms with Gasteiger partial charge in [-0.1, -0.05) is 16.8 Å². The molecule has 136 valence electrons. The van der Waals surface area contributed by atoms with Gasteiger partial charge in [-0.05, 0) is 67.7 Å². The van der Waals surface area contributed by atoms with E-state index < -0.39 is 0 Å². The Bertz CT molecular complexity index is 1140. The smallest absolute Gasteiger partial charge is 0.200 e. The average molecular weight is 399 g/mol. The summed E-state index contributed by atoms with van der Waals surface area (Å²) >= 11 is 11.4. The molecule has 0 aliphatic carbocycles. The SMILES string of the molecule is COc1ccc(-n2c(-c3nnn(-c4ccc(Cl)cc4)c3C)n[nH]c2=S)cc1. The zero-order chi connectivity index (χ0) is 19.0.